The van der Waals surface area contributed by atoms with E-state index < -0.39 is 0 Å². The van der Waals surface area contributed by atoms with Crippen LogP contribution in [0.15, 0.2) is 255 Å². The fourth-order valence-electron chi connectivity index (χ4n) is 11.8. The summed E-state index contributed by atoms with van der Waals surface area (Å²) in [5, 5.41) is 2.60. The van der Waals surface area contributed by atoms with E-state index in [-0.39, 0.29) is 0 Å². The lowest BCUT2D eigenvalue weighted by Crippen LogP contribution is -2.25. The van der Waals surface area contributed by atoms with Crippen molar-refractivity contribution < 1.29 is 0 Å². The zero-order valence-electron chi connectivity index (χ0n) is 41.0. The van der Waals surface area contributed by atoms with E-state index in [9.17, 15) is 0 Å². The van der Waals surface area contributed by atoms with Crippen LogP contribution in [-0.2, 0) is 12.8 Å². The van der Waals surface area contributed by atoms with Gasteiger partial charge in [-0.25, -0.2) is 0 Å². The Kier molecular flexibility index (Phi) is 11.0. The van der Waals surface area contributed by atoms with Crippen LogP contribution in [0, 0.1) is 0 Å². The van der Waals surface area contributed by atoms with Gasteiger partial charge in [0.05, 0.1) is 34.1 Å². The minimum Gasteiger partial charge on any atom is -0.306 e. The summed E-state index contributed by atoms with van der Waals surface area (Å²) >= 11 is 1.87. The molecule has 1 aliphatic heterocycles. The average Bonchev–Trinajstić information content (AvgIpc) is 4.02. The number of aromatic nitrogens is 1. The highest BCUT2D eigenvalue weighted by Crippen LogP contribution is 2.59. The van der Waals surface area contributed by atoms with Crippen molar-refractivity contribution in [3.8, 4) is 39.2 Å². The van der Waals surface area contributed by atoms with Gasteiger partial charge in [-0.05, 0) is 151 Å². The second-order valence-corrected chi connectivity index (χ2v) is 20.6. The van der Waals surface area contributed by atoms with Crippen molar-refractivity contribution >= 4 is 82.8 Å². The summed E-state index contributed by atoms with van der Waals surface area (Å²) in [5.41, 5.74) is 20.1. The summed E-state index contributed by atoms with van der Waals surface area (Å²) in [6.45, 7) is 0. The fraction of sp³-hybridized carbons (Fsp3) is 0.0725. The zero-order chi connectivity index (χ0) is 49.0. The maximum Gasteiger partial charge on any atom is 0.122 e. The third-order valence-electron chi connectivity index (χ3n) is 15.1. The number of benzene rings is 10. The largest absolute Gasteiger partial charge is 0.306 e. The van der Waals surface area contributed by atoms with Gasteiger partial charge in [0.1, 0.15) is 5.82 Å². The maximum absolute atomic E-state index is 2.52. The van der Waals surface area contributed by atoms with Gasteiger partial charge in [-0.15, -0.1) is 11.3 Å². The van der Waals surface area contributed by atoms with Gasteiger partial charge in [0, 0.05) is 54.0 Å². The molecule has 2 aliphatic rings. The molecule has 4 nitrogen and oxygen atoms in total. The van der Waals surface area contributed by atoms with E-state index in [1.54, 1.807) is 0 Å². The second kappa shape index (κ2) is 18.6. The molecule has 0 radical (unpaired) electrons. The maximum atomic E-state index is 2.52. The van der Waals surface area contributed by atoms with Crippen molar-refractivity contribution in [2.24, 2.45) is 0 Å². The third kappa shape index (κ3) is 7.59. The molecule has 0 unspecified atom stereocenters. The first-order valence-corrected chi connectivity index (χ1v) is 26.8. The van der Waals surface area contributed by atoms with Crippen molar-refractivity contribution in [3.63, 3.8) is 0 Å². The molecule has 354 valence electrons. The predicted molar refractivity (Wildman–Crippen MR) is 314 cm³/mol. The Bertz CT molecular complexity index is 3990. The van der Waals surface area contributed by atoms with Gasteiger partial charge < -0.3 is 9.80 Å². The van der Waals surface area contributed by atoms with Gasteiger partial charge >= 0.3 is 0 Å². The van der Waals surface area contributed by atoms with Crippen LogP contribution in [0.3, 0.4) is 0 Å². The highest BCUT2D eigenvalue weighted by molar-refractivity contribution is 7.25. The van der Waals surface area contributed by atoms with Gasteiger partial charge in [0.2, 0.25) is 0 Å². The molecule has 0 atom stereocenters. The highest BCUT2D eigenvalue weighted by atomic mass is 32.1. The second-order valence-electron chi connectivity index (χ2n) is 19.5. The van der Waals surface area contributed by atoms with E-state index in [4.69, 9.17) is 0 Å². The first kappa shape index (κ1) is 43.9. The normalized spacial score (nSPS) is 13.1. The molecule has 1 aliphatic carbocycles. The molecule has 0 fully saturated rings. The molecule has 0 spiro atoms. The first-order chi connectivity index (χ1) is 36.7. The van der Waals surface area contributed by atoms with Crippen molar-refractivity contribution in [2.45, 2.75) is 32.1 Å². The van der Waals surface area contributed by atoms with Crippen molar-refractivity contribution in [3.05, 3.63) is 266 Å². The third-order valence-corrected chi connectivity index (χ3v) is 16.3. The van der Waals surface area contributed by atoms with E-state index >= 15 is 0 Å². The summed E-state index contributed by atoms with van der Waals surface area (Å²) in [7, 11) is 0. The molecular weight excluding hydrogens is 917 g/mol. The van der Waals surface area contributed by atoms with Crippen molar-refractivity contribution in [1.29, 1.82) is 0 Å². The van der Waals surface area contributed by atoms with E-state index in [2.05, 4.69) is 274 Å². The van der Waals surface area contributed by atoms with Crippen molar-refractivity contribution in [2.75, 3.05) is 14.7 Å². The number of hydrogen-bond donors (Lipinski definition) is 0. The smallest absolute Gasteiger partial charge is 0.122 e. The molecule has 0 saturated heterocycles. The Morgan fingerprint density at radius 3 is 1.73 bits per heavy atom. The summed E-state index contributed by atoms with van der Waals surface area (Å²) in [6, 6.07) is 94.1. The quantitative estimate of drug-likeness (QED) is 0.134. The number of para-hydroxylation sites is 5. The summed E-state index contributed by atoms with van der Waals surface area (Å²) in [6.07, 6.45) is 5.75. The number of aryl methyl sites for hydroxylation is 1. The van der Waals surface area contributed by atoms with Gasteiger partial charge in [0.25, 0.3) is 0 Å². The first-order valence-electron chi connectivity index (χ1n) is 26.0. The van der Waals surface area contributed by atoms with Crippen LogP contribution < -0.4 is 14.7 Å². The topological polar surface area (TPSA) is 14.7 Å². The number of nitrogens with zero attached hydrogens (tertiary/aromatic N) is 4. The van der Waals surface area contributed by atoms with Crippen LogP contribution in [0.5, 0.6) is 0 Å². The minimum atomic E-state index is 1.04. The highest BCUT2D eigenvalue weighted by Gasteiger charge is 2.35. The molecule has 14 rings (SSSR count). The van der Waals surface area contributed by atoms with Gasteiger partial charge in [-0.2, -0.15) is 0 Å². The van der Waals surface area contributed by atoms with Crippen LogP contribution in [0.1, 0.15) is 30.4 Å². The van der Waals surface area contributed by atoms with Gasteiger partial charge in [0.15, 0.2) is 0 Å². The average molecular weight is 969 g/mol. The molecule has 0 saturated carbocycles. The molecule has 5 heteroatoms. The molecule has 2 aromatic heterocycles. The Hall–Kier alpha value is -8.90. The van der Waals surface area contributed by atoms with Gasteiger partial charge in [-0.3, -0.25) is 9.47 Å². The van der Waals surface area contributed by atoms with Crippen LogP contribution >= 0.6 is 11.3 Å². The van der Waals surface area contributed by atoms with Crippen LogP contribution in [-0.4, -0.2) is 4.57 Å². The summed E-state index contributed by atoms with van der Waals surface area (Å²) in [4.78, 5) is 7.52. The Balaban J connectivity index is 1.08. The van der Waals surface area contributed by atoms with Crippen molar-refractivity contribution in [1.82, 2.24) is 4.57 Å². The number of anilines is 9. The number of hydrogen-bond acceptors (Lipinski definition) is 4. The lowest BCUT2D eigenvalue weighted by Gasteiger charge is -2.42. The van der Waals surface area contributed by atoms with Crippen LogP contribution in [0.25, 0.3) is 59.4 Å². The molecule has 0 N–H and O–H groups in total. The minimum absolute atomic E-state index is 1.04. The van der Waals surface area contributed by atoms with E-state index in [0.29, 0.717) is 0 Å². The Labute approximate surface area is 436 Å². The molecule has 0 amide bonds. The monoisotopic (exact) mass is 968 g/mol. The lowest BCUT2D eigenvalue weighted by atomic mass is 9.89. The summed E-state index contributed by atoms with van der Waals surface area (Å²) < 4.78 is 5.05. The Morgan fingerprint density at radius 1 is 0.365 bits per heavy atom. The molecule has 0 bridgehead atoms. The van der Waals surface area contributed by atoms with E-state index in [0.717, 1.165) is 75.5 Å². The zero-order valence-corrected chi connectivity index (χ0v) is 41.8. The van der Waals surface area contributed by atoms with Crippen LogP contribution in [0.4, 0.5) is 51.3 Å². The van der Waals surface area contributed by atoms with Crippen LogP contribution in [0.2, 0.25) is 0 Å². The lowest BCUT2D eigenvalue weighted by molar-refractivity contribution is 0.712. The fourth-order valence-corrected chi connectivity index (χ4v) is 12.9. The SMILES string of the molecule is c1ccc(-c2ccc(N(c3cc(-c4cccc5c4CCCCC5)c4c(c3)N(c3ccccc3)c3ccccc3N4c3ccccc3)c3ccc(-c4ccc5c(c4)sc4ccccc45)n3-c3ccccc3)cc2)cc1. The summed E-state index contributed by atoms with van der Waals surface area (Å²) in [5.74, 6) is 1.04. The number of fused-ring (bicyclic) bond motifs is 6. The molecule has 10 aromatic carbocycles. The van der Waals surface area contributed by atoms with Gasteiger partial charge in [-0.1, -0.05) is 164 Å². The molecule has 74 heavy (non-hydrogen) atoms. The molecular formula is C69H52N4S. The molecule has 3 heterocycles. The van der Waals surface area contributed by atoms with E-state index in [1.165, 1.54) is 78.4 Å². The molecule has 12 aromatic rings. The van der Waals surface area contributed by atoms with E-state index in [1.807, 2.05) is 11.3 Å². The standard InChI is InChI=1S/C69H52N4S/c1-6-21-48(22-7-1)49-37-40-55(41-38-49)70(68-44-43-62(72(68)53-27-11-4-12-28-53)51-39-42-60-59-32-16-19-36-66(59)74-67(60)45-51)56-46-61(58-33-20-24-50-23-8-2-15-31-57(50)58)69-65(47-56)71(52-25-9-3-10-26-52)63-34-17-18-35-64(63)73(69)54-29-13-5-14-30-54/h1,3-7,9-14,16-22,24-30,32-47H,2,8,15,23,31H2. The Morgan fingerprint density at radius 2 is 0.973 bits per heavy atom. The number of thiophene rings is 1. The number of rotatable bonds is 9. The predicted octanol–water partition coefficient (Wildman–Crippen LogP) is 19.8.